The summed E-state index contributed by atoms with van der Waals surface area (Å²) in [6, 6.07) is 1.63. The van der Waals surface area contributed by atoms with Gasteiger partial charge < -0.3 is 9.84 Å². The number of carbonyl (C=O) groups excluding carboxylic acids is 1. The molecule has 0 unspecified atom stereocenters. The minimum atomic E-state index is 0.447. The molecule has 48 valence electrons. The molecule has 1 aromatic heterocycles. The molecule has 0 saturated heterocycles. The first kappa shape index (κ1) is 5.81. The summed E-state index contributed by atoms with van der Waals surface area (Å²) in [4.78, 5) is 9.79. The van der Waals surface area contributed by atoms with Crippen LogP contribution in [0, 0.1) is 6.92 Å². The molecule has 1 amide bonds. The lowest BCUT2D eigenvalue weighted by Crippen LogP contribution is -1.92. The van der Waals surface area contributed by atoms with Gasteiger partial charge >= 0.3 is 0 Å². The number of nitrogens with zero attached hydrogens (tertiary/aromatic N) is 1. The number of nitrogens with one attached hydrogen (secondary N) is 1. The molecular formula is C5H6N2O2. The molecule has 0 bridgehead atoms. The molecular weight excluding hydrogens is 120 g/mol. The molecule has 1 rings (SSSR count). The van der Waals surface area contributed by atoms with Crippen LogP contribution in [0.25, 0.3) is 0 Å². The largest absolute Gasteiger partial charge is 0.360 e. The van der Waals surface area contributed by atoms with E-state index in [4.69, 9.17) is 0 Å². The van der Waals surface area contributed by atoms with E-state index in [1.807, 2.05) is 0 Å². The minimum absolute atomic E-state index is 0.447. The van der Waals surface area contributed by atoms with Crippen LogP contribution in [-0.4, -0.2) is 11.6 Å². The molecule has 4 heteroatoms. The first-order chi connectivity index (χ1) is 4.33. The Labute approximate surface area is 51.8 Å². The van der Waals surface area contributed by atoms with Crippen molar-refractivity contribution >= 4 is 12.2 Å². The highest BCUT2D eigenvalue weighted by Gasteiger charge is 1.94. The summed E-state index contributed by atoms with van der Waals surface area (Å²) in [6.45, 7) is 1.75. The van der Waals surface area contributed by atoms with E-state index < -0.39 is 0 Å². The van der Waals surface area contributed by atoms with E-state index in [-0.39, 0.29) is 0 Å². The highest BCUT2D eigenvalue weighted by molar-refractivity contribution is 5.68. The van der Waals surface area contributed by atoms with Crippen LogP contribution in [0.5, 0.6) is 0 Å². The fraction of sp³-hybridized carbons (Fsp3) is 0.200. The van der Waals surface area contributed by atoms with Gasteiger partial charge in [0.15, 0.2) is 5.82 Å². The van der Waals surface area contributed by atoms with Crippen molar-refractivity contribution in [2.45, 2.75) is 6.92 Å². The standard InChI is InChI=1S/C5H6N2O2/c1-4-2-5(6-3-8)7-9-4/h2-3H,1H3,(H,6,7,8). The van der Waals surface area contributed by atoms with Crippen LogP contribution in [0.15, 0.2) is 10.6 Å². The zero-order valence-electron chi connectivity index (χ0n) is 4.92. The summed E-state index contributed by atoms with van der Waals surface area (Å²) in [5.74, 6) is 1.13. The third kappa shape index (κ3) is 1.28. The van der Waals surface area contributed by atoms with Crippen LogP contribution in [0.4, 0.5) is 5.82 Å². The lowest BCUT2D eigenvalue weighted by molar-refractivity contribution is -0.105. The SMILES string of the molecule is Cc1cc(NC=O)no1. The van der Waals surface area contributed by atoms with E-state index in [1.165, 1.54) is 0 Å². The maximum absolute atomic E-state index is 9.79. The number of carbonyl (C=O) groups is 1. The van der Waals surface area contributed by atoms with Gasteiger partial charge in [-0.2, -0.15) is 0 Å². The third-order valence-electron chi connectivity index (χ3n) is 0.835. The molecule has 0 spiro atoms. The second-order valence-corrected chi connectivity index (χ2v) is 1.58. The molecule has 1 aromatic rings. The maximum atomic E-state index is 9.79. The van der Waals surface area contributed by atoms with Gasteiger partial charge in [0.1, 0.15) is 5.76 Å². The first-order valence-electron chi connectivity index (χ1n) is 2.46. The minimum Gasteiger partial charge on any atom is -0.360 e. The number of hydrogen-bond donors (Lipinski definition) is 1. The van der Waals surface area contributed by atoms with Gasteiger partial charge in [-0.05, 0) is 6.92 Å². The highest BCUT2D eigenvalue weighted by atomic mass is 16.5. The van der Waals surface area contributed by atoms with Crippen LogP contribution in [0.3, 0.4) is 0 Å². The molecule has 0 saturated carbocycles. The van der Waals surface area contributed by atoms with Crippen molar-refractivity contribution in [2.24, 2.45) is 0 Å². The lowest BCUT2D eigenvalue weighted by atomic mass is 10.5. The molecule has 9 heavy (non-hydrogen) atoms. The fourth-order valence-electron chi connectivity index (χ4n) is 0.495. The monoisotopic (exact) mass is 126 g/mol. The Kier molecular flexibility index (Phi) is 1.48. The Balaban J connectivity index is 2.72. The van der Waals surface area contributed by atoms with Crippen molar-refractivity contribution in [3.63, 3.8) is 0 Å². The fourth-order valence-corrected chi connectivity index (χ4v) is 0.495. The van der Waals surface area contributed by atoms with Gasteiger partial charge in [0.2, 0.25) is 6.41 Å². The molecule has 0 radical (unpaired) electrons. The number of aromatic nitrogens is 1. The van der Waals surface area contributed by atoms with Crippen LogP contribution < -0.4 is 5.32 Å². The summed E-state index contributed by atoms with van der Waals surface area (Å²) in [5.41, 5.74) is 0. The van der Waals surface area contributed by atoms with Crippen molar-refractivity contribution < 1.29 is 9.32 Å². The Morgan fingerprint density at radius 1 is 1.89 bits per heavy atom. The summed E-state index contributed by atoms with van der Waals surface area (Å²) in [5, 5.41) is 5.83. The number of anilines is 1. The Morgan fingerprint density at radius 3 is 3.11 bits per heavy atom. The first-order valence-corrected chi connectivity index (χ1v) is 2.46. The predicted molar refractivity (Wildman–Crippen MR) is 30.9 cm³/mol. The van der Waals surface area contributed by atoms with E-state index in [0.717, 1.165) is 0 Å². The number of rotatable bonds is 2. The van der Waals surface area contributed by atoms with Crippen molar-refractivity contribution in [3.05, 3.63) is 11.8 Å². The number of hydrogen-bond acceptors (Lipinski definition) is 3. The van der Waals surface area contributed by atoms with Crippen molar-refractivity contribution in [2.75, 3.05) is 5.32 Å². The highest BCUT2D eigenvalue weighted by Crippen LogP contribution is 2.04. The smallest absolute Gasteiger partial charge is 0.212 e. The van der Waals surface area contributed by atoms with E-state index in [2.05, 4.69) is 15.0 Å². The summed E-state index contributed by atoms with van der Waals surface area (Å²) in [7, 11) is 0. The molecule has 0 aliphatic rings. The Hall–Kier alpha value is -1.32. The maximum Gasteiger partial charge on any atom is 0.212 e. The van der Waals surface area contributed by atoms with E-state index in [1.54, 1.807) is 13.0 Å². The lowest BCUT2D eigenvalue weighted by Gasteiger charge is -1.81. The van der Waals surface area contributed by atoms with Crippen molar-refractivity contribution in [1.29, 1.82) is 0 Å². The Morgan fingerprint density at radius 2 is 2.67 bits per heavy atom. The van der Waals surface area contributed by atoms with E-state index >= 15 is 0 Å². The summed E-state index contributed by atoms with van der Waals surface area (Å²) < 4.78 is 4.65. The van der Waals surface area contributed by atoms with Gasteiger partial charge in [-0.1, -0.05) is 5.16 Å². The average molecular weight is 126 g/mol. The summed E-state index contributed by atoms with van der Waals surface area (Å²) >= 11 is 0. The van der Waals surface area contributed by atoms with Crippen LogP contribution in [0.1, 0.15) is 5.76 Å². The van der Waals surface area contributed by atoms with Gasteiger partial charge in [0.05, 0.1) is 0 Å². The topological polar surface area (TPSA) is 55.1 Å². The molecule has 0 aromatic carbocycles. The van der Waals surface area contributed by atoms with E-state index in [0.29, 0.717) is 18.0 Å². The average Bonchev–Trinajstić information content (AvgIpc) is 2.17. The molecule has 0 aliphatic heterocycles. The van der Waals surface area contributed by atoms with E-state index in [9.17, 15) is 4.79 Å². The molecule has 0 atom stereocenters. The van der Waals surface area contributed by atoms with Gasteiger partial charge in [-0.25, -0.2) is 0 Å². The van der Waals surface area contributed by atoms with Crippen LogP contribution in [-0.2, 0) is 4.79 Å². The van der Waals surface area contributed by atoms with Crippen molar-refractivity contribution in [1.82, 2.24) is 5.16 Å². The quantitative estimate of drug-likeness (QED) is 0.589. The number of aryl methyl sites for hydroxylation is 1. The molecule has 0 aliphatic carbocycles. The predicted octanol–water partition coefficient (Wildman–Crippen LogP) is 0.551. The van der Waals surface area contributed by atoms with Gasteiger partial charge in [-0.15, -0.1) is 0 Å². The van der Waals surface area contributed by atoms with Crippen molar-refractivity contribution in [3.8, 4) is 0 Å². The third-order valence-corrected chi connectivity index (χ3v) is 0.835. The summed E-state index contributed by atoms with van der Waals surface area (Å²) in [6.07, 6.45) is 0.553. The molecule has 1 heterocycles. The second-order valence-electron chi connectivity index (χ2n) is 1.58. The number of amides is 1. The molecule has 4 nitrogen and oxygen atoms in total. The molecule has 0 fully saturated rings. The van der Waals surface area contributed by atoms with Crippen LogP contribution in [0.2, 0.25) is 0 Å². The Bertz CT molecular complexity index is 206. The molecule has 1 N–H and O–H groups in total. The zero-order chi connectivity index (χ0) is 6.69. The van der Waals surface area contributed by atoms with Gasteiger partial charge in [0, 0.05) is 6.07 Å². The van der Waals surface area contributed by atoms with Crippen LogP contribution >= 0.6 is 0 Å². The normalized spacial score (nSPS) is 9.00. The van der Waals surface area contributed by atoms with Gasteiger partial charge in [-0.3, -0.25) is 4.79 Å². The zero-order valence-corrected chi connectivity index (χ0v) is 4.92. The van der Waals surface area contributed by atoms with Gasteiger partial charge in [0.25, 0.3) is 0 Å². The second kappa shape index (κ2) is 2.30.